The van der Waals surface area contributed by atoms with Gasteiger partial charge in [0.05, 0.1) is 5.56 Å². The minimum absolute atomic E-state index is 0.0112. The second kappa shape index (κ2) is 7.67. The van der Waals surface area contributed by atoms with Crippen LogP contribution in [0.15, 0.2) is 27.5 Å². The van der Waals surface area contributed by atoms with Crippen LogP contribution in [0.1, 0.15) is 60.6 Å². The number of ether oxygens (including phenoxy) is 1. The topological polar surface area (TPSA) is 81.4 Å². The quantitative estimate of drug-likeness (QED) is 0.736. The fourth-order valence-corrected chi connectivity index (χ4v) is 4.26. The SMILES string of the molecule is CC1(c2noc(C3CCOCC3)n2)CCCN(C(=O)c2cncc(Br)c2)C1. The molecular formula is C19H23BrN4O3. The molecule has 2 aliphatic heterocycles. The van der Waals surface area contributed by atoms with Gasteiger partial charge in [-0.05, 0) is 47.7 Å². The van der Waals surface area contributed by atoms with Crippen LogP contribution in [-0.2, 0) is 10.2 Å². The third-order valence-corrected chi connectivity index (χ3v) is 5.92. The zero-order valence-electron chi connectivity index (χ0n) is 15.4. The van der Waals surface area contributed by atoms with Crippen molar-refractivity contribution in [3.63, 3.8) is 0 Å². The molecule has 2 saturated heterocycles. The van der Waals surface area contributed by atoms with E-state index in [1.165, 1.54) is 0 Å². The highest BCUT2D eigenvalue weighted by Crippen LogP contribution is 2.34. The second-order valence-corrected chi connectivity index (χ2v) is 8.54. The van der Waals surface area contributed by atoms with Gasteiger partial charge in [0.1, 0.15) is 0 Å². The van der Waals surface area contributed by atoms with Crippen LogP contribution in [0, 0.1) is 0 Å². The van der Waals surface area contributed by atoms with E-state index in [9.17, 15) is 4.79 Å². The molecule has 0 radical (unpaired) electrons. The van der Waals surface area contributed by atoms with E-state index in [0.29, 0.717) is 23.8 Å². The summed E-state index contributed by atoms with van der Waals surface area (Å²) >= 11 is 3.38. The number of hydrogen-bond donors (Lipinski definition) is 0. The molecule has 4 rings (SSSR count). The van der Waals surface area contributed by atoms with Crippen molar-refractivity contribution in [2.45, 2.75) is 43.9 Å². The summed E-state index contributed by atoms with van der Waals surface area (Å²) in [6, 6.07) is 1.80. The predicted octanol–water partition coefficient (Wildman–Crippen LogP) is 3.32. The number of nitrogens with zero attached hydrogens (tertiary/aromatic N) is 4. The molecule has 0 aromatic carbocycles. The smallest absolute Gasteiger partial charge is 0.255 e. The number of pyridine rings is 1. The van der Waals surface area contributed by atoms with Crippen LogP contribution in [0.3, 0.4) is 0 Å². The lowest BCUT2D eigenvalue weighted by atomic mass is 9.81. The van der Waals surface area contributed by atoms with E-state index in [1.54, 1.807) is 18.5 Å². The maximum atomic E-state index is 12.9. The number of hydrogen-bond acceptors (Lipinski definition) is 6. The van der Waals surface area contributed by atoms with Crippen LogP contribution in [0.2, 0.25) is 0 Å². The van der Waals surface area contributed by atoms with Gasteiger partial charge in [0, 0.05) is 54.5 Å². The molecule has 2 fully saturated rings. The van der Waals surface area contributed by atoms with E-state index in [-0.39, 0.29) is 17.2 Å². The van der Waals surface area contributed by atoms with Crippen LogP contribution >= 0.6 is 15.9 Å². The Balaban J connectivity index is 1.51. The summed E-state index contributed by atoms with van der Waals surface area (Å²) < 4.78 is 11.8. The summed E-state index contributed by atoms with van der Waals surface area (Å²) in [5.74, 6) is 1.67. The Labute approximate surface area is 166 Å². The number of carbonyl (C=O) groups excluding carboxylic acids is 1. The van der Waals surface area contributed by atoms with Crippen molar-refractivity contribution in [2.24, 2.45) is 0 Å². The Morgan fingerprint density at radius 3 is 2.93 bits per heavy atom. The lowest BCUT2D eigenvalue weighted by molar-refractivity contribution is 0.0641. The summed E-state index contributed by atoms with van der Waals surface area (Å²) in [7, 11) is 0. The third-order valence-electron chi connectivity index (χ3n) is 5.49. The van der Waals surface area contributed by atoms with Gasteiger partial charge in [-0.1, -0.05) is 12.1 Å². The van der Waals surface area contributed by atoms with E-state index in [2.05, 4.69) is 33.0 Å². The van der Waals surface area contributed by atoms with Crippen molar-refractivity contribution in [2.75, 3.05) is 26.3 Å². The van der Waals surface area contributed by atoms with Crippen molar-refractivity contribution in [3.05, 3.63) is 40.2 Å². The van der Waals surface area contributed by atoms with Crippen LogP contribution in [-0.4, -0.2) is 52.2 Å². The summed E-state index contributed by atoms with van der Waals surface area (Å²) in [5, 5.41) is 4.28. The van der Waals surface area contributed by atoms with Gasteiger partial charge < -0.3 is 14.2 Å². The highest BCUT2D eigenvalue weighted by atomic mass is 79.9. The van der Waals surface area contributed by atoms with Crippen LogP contribution in [0.25, 0.3) is 0 Å². The minimum atomic E-state index is -0.305. The molecule has 1 unspecified atom stereocenters. The molecule has 0 aliphatic carbocycles. The minimum Gasteiger partial charge on any atom is -0.381 e. The van der Waals surface area contributed by atoms with Crippen LogP contribution < -0.4 is 0 Å². The van der Waals surface area contributed by atoms with Gasteiger partial charge >= 0.3 is 0 Å². The molecule has 0 saturated carbocycles. The van der Waals surface area contributed by atoms with Gasteiger partial charge in [-0.15, -0.1) is 0 Å². The van der Waals surface area contributed by atoms with Crippen molar-refractivity contribution in [3.8, 4) is 0 Å². The molecule has 1 amide bonds. The largest absolute Gasteiger partial charge is 0.381 e. The molecule has 0 spiro atoms. The lowest BCUT2D eigenvalue weighted by Gasteiger charge is -2.38. The van der Waals surface area contributed by atoms with Crippen molar-refractivity contribution < 1.29 is 14.1 Å². The first-order valence-electron chi connectivity index (χ1n) is 9.37. The fraction of sp³-hybridized carbons (Fsp3) is 0.579. The number of rotatable bonds is 3. The molecule has 2 aliphatic rings. The average Bonchev–Trinajstić information content (AvgIpc) is 3.19. The lowest BCUT2D eigenvalue weighted by Crippen LogP contribution is -2.47. The first-order valence-corrected chi connectivity index (χ1v) is 10.2. The molecule has 1 atom stereocenters. The highest BCUT2D eigenvalue weighted by molar-refractivity contribution is 9.10. The molecule has 4 heterocycles. The summed E-state index contributed by atoms with van der Waals surface area (Å²) in [6.07, 6.45) is 6.95. The average molecular weight is 435 g/mol. The van der Waals surface area contributed by atoms with E-state index in [0.717, 1.165) is 49.9 Å². The number of piperidine rings is 1. The Kier molecular flexibility index (Phi) is 5.27. The number of amides is 1. The van der Waals surface area contributed by atoms with Gasteiger partial charge in [0.25, 0.3) is 5.91 Å². The Morgan fingerprint density at radius 2 is 2.15 bits per heavy atom. The molecule has 0 N–H and O–H groups in total. The van der Waals surface area contributed by atoms with E-state index >= 15 is 0 Å². The zero-order valence-corrected chi connectivity index (χ0v) is 16.9. The van der Waals surface area contributed by atoms with E-state index in [1.807, 2.05) is 4.90 Å². The monoisotopic (exact) mass is 434 g/mol. The molecule has 2 aromatic rings. The first-order chi connectivity index (χ1) is 13.0. The third kappa shape index (κ3) is 3.91. The Morgan fingerprint density at radius 1 is 1.33 bits per heavy atom. The number of likely N-dealkylation sites (tertiary alicyclic amines) is 1. The normalized spacial score (nSPS) is 24.1. The van der Waals surface area contributed by atoms with Gasteiger partial charge in [-0.25, -0.2) is 0 Å². The Hall–Kier alpha value is -1.80. The Bertz CT molecular complexity index is 821. The van der Waals surface area contributed by atoms with Crippen molar-refractivity contribution in [1.82, 2.24) is 20.0 Å². The molecule has 8 heteroatoms. The summed E-state index contributed by atoms with van der Waals surface area (Å²) in [6.45, 7) is 4.89. The van der Waals surface area contributed by atoms with Crippen molar-refractivity contribution >= 4 is 21.8 Å². The molecule has 0 bridgehead atoms. The van der Waals surface area contributed by atoms with E-state index in [4.69, 9.17) is 14.2 Å². The molecule has 2 aromatic heterocycles. The molecule has 27 heavy (non-hydrogen) atoms. The van der Waals surface area contributed by atoms with Gasteiger partial charge in [-0.3, -0.25) is 9.78 Å². The maximum Gasteiger partial charge on any atom is 0.255 e. The summed E-state index contributed by atoms with van der Waals surface area (Å²) in [5.41, 5.74) is 0.282. The maximum absolute atomic E-state index is 12.9. The molecular weight excluding hydrogens is 412 g/mol. The van der Waals surface area contributed by atoms with Crippen molar-refractivity contribution in [1.29, 1.82) is 0 Å². The van der Waals surface area contributed by atoms with E-state index < -0.39 is 0 Å². The number of halogens is 1. The standard InChI is InChI=1S/C19H23BrN4O3/c1-19(18-22-16(27-23-18)13-3-7-26-8-4-13)5-2-6-24(12-19)17(25)14-9-15(20)11-21-10-14/h9-11,13H,2-8,12H2,1H3. The number of carbonyl (C=O) groups is 1. The van der Waals surface area contributed by atoms with Crippen LogP contribution in [0.5, 0.6) is 0 Å². The second-order valence-electron chi connectivity index (χ2n) is 7.63. The number of aromatic nitrogens is 3. The fourth-order valence-electron chi connectivity index (χ4n) is 3.90. The molecule has 7 nitrogen and oxygen atoms in total. The van der Waals surface area contributed by atoms with Gasteiger partial charge in [-0.2, -0.15) is 4.98 Å². The summed E-state index contributed by atoms with van der Waals surface area (Å²) in [4.78, 5) is 23.6. The van der Waals surface area contributed by atoms with Gasteiger partial charge in [0.2, 0.25) is 5.89 Å². The van der Waals surface area contributed by atoms with Crippen LogP contribution in [0.4, 0.5) is 0 Å². The zero-order chi connectivity index (χ0) is 18.9. The highest BCUT2D eigenvalue weighted by Gasteiger charge is 2.39. The first kappa shape index (κ1) is 18.6. The predicted molar refractivity (Wildman–Crippen MR) is 102 cm³/mol. The molecule has 144 valence electrons. The van der Waals surface area contributed by atoms with Gasteiger partial charge in [0.15, 0.2) is 5.82 Å².